The van der Waals surface area contributed by atoms with E-state index in [9.17, 15) is 0 Å². The molecule has 1 aromatic heterocycles. The minimum absolute atomic E-state index is 1.19. The summed E-state index contributed by atoms with van der Waals surface area (Å²) in [6, 6.07) is 0. The van der Waals surface area contributed by atoms with Gasteiger partial charge in [-0.25, -0.2) is 4.57 Å². The van der Waals surface area contributed by atoms with Crippen LogP contribution in [0.25, 0.3) is 0 Å². The molecule has 2 heteroatoms. The Bertz CT molecular complexity index is 166. The third kappa shape index (κ3) is 1.03. The molecule has 1 aromatic rings. The number of nitrogens with zero attached hydrogens (tertiary/aromatic N) is 2. The van der Waals surface area contributed by atoms with Gasteiger partial charge in [0.2, 0.25) is 0 Å². The molecule has 0 spiro atoms. The van der Waals surface area contributed by atoms with Crippen LogP contribution in [-0.4, -0.2) is 4.98 Å². The van der Waals surface area contributed by atoms with Crippen LogP contribution >= 0.6 is 0 Å². The van der Waals surface area contributed by atoms with Gasteiger partial charge in [-0.15, -0.1) is 0 Å². The van der Waals surface area contributed by atoms with Crippen LogP contribution in [0, 0.1) is 6.92 Å². The van der Waals surface area contributed by atoms with Gasteiger partial charge < -0.3 is 0 Å². The third-order valence-corrected chi connectivity index (χ3v) is 0.934. The Balaban J connectivity index is 3.08. The van der Waals surface area contributed by atoms with Gasteiger partial charge >= 0.3 is 0 Å². The normalized spacial score (nSPS) is 9.25. The summed E-state index contributed by atoms with van der Waals surface area (Å²) in [6.45, 7) is 2.02. The van der Waals surface area contributed by atoms with E-state index in [1.165, 1.54) is 5.56 Å². The number of aromatic nitrogens is 2. The summed E-state index contributed by atoms with van der Waals surface area (Å²) in [6.07, 6.45) is 5.62. The molecule has 0 amide bonds. The van der Waals surface area contributed by atoms with Crippen LogP contribution in [0.15, 0.2) is 18.7 Å². The smallest absolute Gasteiger partial charge is 0.240 e. The second-order valence-electron chi connectivity index (χ2n) is 1.93. The van der Waals surface area contributed by atoms with Crippen molar-refractivity contribution in [2.75, 3.05) is 0 Å². The van der Waals surface area contributed by atoms with Gasteiger partial charge in [-0.05, 0) is 6.92 Å². The molecule has 0 saturated carbocycles. The number of aryl methyl sites for hydroxylation is 2. The average molecular weight is 109 g/mol. The molecule has 42 valence electrons. The topological polar surface area (TPSA) is 16.8 Å². The zero-order valence-electron chi connectivity index (χ0n) is 5.13. The van der Waals surface area contributed by atoms with Gasteiger partial charge in [0.1, 0.15) is 6.20 Å². The maximum atomic E-state index is 3.95. The van der Waals surface area contributed by atoms with Crippen LogP contribution in [-0.2, 0) is 7.05 Å². The van der Waals surface area contributed by atoms with E-state index in [1.807, 2.05) is 30.9 Å². The molecule has 0 atom stereocenters. The average Bonchev–Trinajstić information content (AvgIpc) is 1.64. The van der Waals surface area contributed by atoms with Gasteiger partial charge in [-0.2, -0.15) is 0 Å². The first kappa shape index (κ1) is 5.22. The summed E-state index contributed by atoms with van der Waals surface area (Å²) in [5.74, 6) is 0. The summed E-state index contributed by atoms with van der Waals surface area (Å²) >= 11 is 0. The van der Waals surface area contributed by atoms with E-state index < -0.39 is 0 Å². The van der Waals surface area contributed by atoms with Crippen molar-refractivity contribution in [2.45, 2.75) is 6.92 Å². The van der Waals surface area contributed by atoms with E-state index >= 15 is 0 Å². The Hall–Kier alpha value is -0.920. The van der Waals surface area contributed by atoms with Crippen molar-refractivity contribution in [1.29, 1.82) is 0 Å². The summed E-state index contributed by atoms with van der Waals surface area (Å²) in [7, 11) is 1.96. The molecule has 0 unspecified atom stereocenters. The quantitative estimate of drug-likeness (QED) is 0.435. The molecular formula is C6H9N2+. The lowest BCUT2D eigenvalue weighted by Gasteiger charge is -1.84. The molecule has 0 aliphatic carbocycles. The minimum Gasteiger partial charge on any atom is -0.240 e. The summed E-state index contributed by atoms with van der Waals surface area (Å²) < 4.78 is 1.93. The molecule has 0 N–H and O–H groups in total. The lowest BCUT2D eigenvalue weighted by molar-refractivity contribution is -0.674. The highest BCUT2D eigenvalue weighted by Gasteiger charge is 1.88. The zero-order valence-corrected chi connectivity index (χ0v) is 5.13. The Morgan fingerprint density at radius 1 is 1.62 bits per heavy atom. The van der Waals surface area contributed by atoms with E-state index in [0.29, 0.717) is 0 Å². The molecular weight excluding hydrogens is 100 g/mol. The van der Waals surface area contributed by atoms with Crippen molar-refractivity contribution < 1.29 is 4.57 Å². The Labute approximate surface area is 48.8 Å². The zero-order chi connectivity index (χ0) is 5.98. The van der Waals surface area contributed by atoms with Crippen LogP contribution in [0.5, 0.6) is 0 Å². The highest BCUT2D eigenvalue weighted by atomic mass is 15.0. The lowest BCUT2D eigenvalue weighted by Crippen LogP contribution is -2.27. The maximum Gasteiger partial charge on any atom is 0.285 e. The van der Waals surface area contributed by atoms with E-state index in [1.54, 1.807) is 6.33 Å². The highest BCUT2D eigenvalue weighted by Crippen LogP contribution is 1.82. The van der Waals surface area contributed by atoms with Crippen molar-refractivity contribution in [2.24, 2.45) is 7.05 Å². The summed E-state index contributed by atoms with van der Waals surface area (Å²) in [4.78, 5) is 3.95. The van der Waals surface area contributed by atoms with Crippen LogP contribution in [0.4, 0.5) is 0 Å². The van der Waals surface area contributed by atoms with E-state index in [0.717, 1.165) is 0 Å². The molecule has 0 aliphatic heterocycles. The van der Waals surface area contributed by atoms with Crippen LogP contribution in [0.1, 0.15) is 5.56 Å². The van der Waals surface area contributed by atoms with E-state index in [2.05, 4.69) is 4.98 Å². The maximum absolute atomic E-state index is 3.95. The van der Waals surface area contributed by atoms with Gasteiger partial charge in [0.25, 0.3) is 6.33 Å². The minimum atomic E-state index is 1.19. The van der Waals surface area contributed by atoms with Gasteiger partial charge in [0, 0.05) is 5.56 Å². The van der Waals surface area contributed by atoms with Crippen LogP contribution in [0.2, 0.25) is 0 Å². The van der Waals surface area contributed by atoms with Crippen LogP contribution < -0.4 is 4.57 Å². The summed E-state index contributed by atoms with van der Waals surface area (Å²) in [5, 5.41) is 0. The van der Waals surface area contributed by atoms with Crippen molar-refractivity contribution in [3.05, 3.63) is 24.3 Å². The van der Waals surface area contributed by atoms with Crippen LogP contribution in [0.3, 0.4) is 0 Å². The first-order valence-corrected chi connectivity index (χ1v) is 2.56. The number of hydrogen-bond acceptors (Lipinski definition) is 1. The van der Waals surface area contributed by atoms with Gasteiger partial charge in [0.05, 0.1) is 13.2 Å². The monoisotopic (exact) mass is 109 g/mol. The Morgan fingerprint density at radius 2 is 2.38 bits per heavy atom. The van der Waals surface area contributed by atoms with Crippen molar-refractivity contribution in [3.8, 4) is 0 Å². The molecule has 0 fully saturated rings. The SMILES string of the molecule is Cc1cnc[n+](C)c1. The molecule has 0 aliphatic rings. The molecule has 0 saturated heterocycles. The molecule has 0 bridgehead atoms. The molecule has 0 radical (unpaired) electrons. The molecule has 0 aromatic carbocycles. The fraction of sp³-hybridized carbons (Fsp3) is 0.333. The largest absolute Gasteiger partial charge is 0.285 e. The fourth-order valence-electron chi connectivity index (χ4n) is 0.644. The number of hydrogen-bond donors (Lipinski definition) is 0. The highest BCUT2D eigenvalue weighted by molar-refractivity contribution is 4.93. The van der Waals surface area contributed by atoms with Crippen molar-refractivity contribution in [1.82, 2.24) is 4.98 Å². The predicted molar refractivity (Wildman–Crippen MR) is 30.1 cm³/mol. The summed E-state index contributed by atoms with van der Waals surface area (Å²) in [5.41, 5.74) is 1.19. The fourth-order valence-corrected chi connectivity index (χ4v) is 0.644. The van der Waals surface area contributed by atoms with E-state index in [-0.39, 0.29) is 0 Å². The van der Waals surface area contributed by atoms with Gasteiger partial charge in [0.15, 0.2) is 0 Å². The standard InChI is InChI=1S/C6H9N2/c1-6-3-7-5-8(2)4-6/h3-5H,1-2H3/q+1. The van der Waals surface area contributed by atoms with Crippen molar-refractivity contribution in [3.63, 3.8) is 0 Å². The third-order valence-electron chi connectivity index (χ3n) is 0.934. The number of rotatable bonds is 0. The predicted octanol–water partition coefficient (Wildman–Crippen LogP) is 0.215. The molecule has 1 heterocycles. The second kappa shape index (κ2) is 1.90. The second-order valence-corrected chi connectivity index (χ2v) is 1.93. The van der Waals surface area contributed by atoms with Gasteiger partial charge in [-0.3, -0.25) is 0 Å². The first-order valence-electron chi connectivity index (χ1n) is 2.56. The first-order chi connectivity index (χ1) is 3.79. The van der Waals surface area contributed by atoms with Crippen molar-refractivity contribution >= 4 is 0 Å². The Morgan fingerprint density at radius 3 is 2.75 bits per heavy atom. The molecule has 1 rings (SSSR count). The van der Waals surface area contributed by atoms with E-state index in [4.69, 9.17) is 0 Å². The Kier molecular flexibility index (Phi) is 1.24. The lowest BCUT2D eigenvalue weighted by atomic mass is 10.4. The molecule has 8 heavy (non-hydrogen) atoms. The molecule has 2 nitrogen and oxygen atoms in total. The van der Waals surface area contributed by atoms with Gasteiger partial charge in [-0.1, -0.05) is 4.98 Å².